The van der Waals surface area contributed by atoms with Crippen molar-refractivity contribution in [3.63, 3.8) is 0 Å². The Kier molecular flexibility index (Phi) is 17.3. The van der Waals surface area contributed by atoms with Crippen molar-refractivity contribution in [3.05, 3.63) is 28.8 Å². The fourth-order valence-corrected chi connectivity index (χ4v) is 2.75. The molecule has 1 unspecified atom stereocenters. The van der Waals surface area contributed by atoms with Crippen LogP contribution >= 0.6 is 0 Å². The summed E-state index contributed by atoms with van der Waals surface area (Å²) in [6.45, 7) is 9.80. The number of likely N-dealkylation sites (N-methyl/N-ethyl adjacent to an activating group) is 1. The van der Waals surface area contributed by atoms with Gasteiger partial charge in [-0.15, -0.1) is 0 Å². The van der Waals surface area contributed by atoms with Gasteiger partial charge in [0, 0.05) is 13.2 Å². The second kappa shape index (κ2) is 17.2. The summed E-state index contributed by atoms with van der Waals surface area (Å²) >= 11 is 0. The van der Waals surface area contributed by atoms with Crippen molar-refractivity contribution in [1.29, 1.82) is 0 Å². The molecule has 2 N–H and O–H groups in total. The van der Waals surface area contributed by atoms with E-state index in [-0.39, 0.29) is 6.61 Å². The third-order valence-corrected chi connectivity index (χ3v) is 4.59. The van der Waals surface area contributed by atoms with Gasteiger partial charge in [-0.2, -0.15) is 0 Å². The van der Waals surface area contributed by atoms with E-state index in [1.54, 1.807) is 7.11 Å². The van der Waals surface area contributed by atoms with E-state index in [0.29, 0.717) is 12.6 Å². The standard InChI is InChI=1S/C10H14O.C9H17NO3.CH4O.CH2O/c1-7-5-10(11-4)6-8(2)9(7)3;1-10-5-3-2-4-8(10)6-13-7-9(11)12;2*1-2/h5-6H,1-4H3;8H,2-7H2,1H3,(H,11,12);2H,1H3;1H2. The molecule has 0 aromatic heterocycles. The summed E-state index contributed by atoms with van der Waals surface area (Å²) in [4.78, 5) is 20.4. The number of aliphatic carboxylic acids is 1. The van der Waals surface area contributed by atoms with Gasteiger partial charge in [-0.05, 0) is 76.0 Å². The summed E-state index contributed by atoms with van der Waals surface area (Å²) in [5.74, 6) is 0.0593. The highest BCUT2D eigenvalue weighted by Crippen LogP contribution is 2.20. The van der Waals surface area contributed by atoms with E-state index in [4.69, 9.17) is 24.5 Å². The minimum Gasteiger partial charge on any atom is -0.497 e. The molecule has 2 rings (SSSR count). The molecule has 0 saturated carbocycles. The summed E-state index contributed by atoms with van der Waals surface area (Å²) in [5.41, 5.74) is 3.94. The topological polar surface area (TPSA) is 96.3 Å². The predicted octanol–water partition coefficient (Wildman–Crippen LogP) is 2.62. The number of methoxy groups -OCH3 is 1. The van der Waals surface area contributed by atoms with Crippen LogP contribution in [0.15, 0.2) is 12.1 Å². The van der Waals surface area contributed by atoms with Crippen molar-refractivity contribution < 1.29 is 29.3 Å². The zero-order chi connectivity index (χ0) is 22.1. The first kappa shape index (κ1) is 28.3. The molecule has 1 aromatic carbocycles. The number of aliphatic hydroxyl groups is 1. The van der Waals surface area contributed by atoms with Gasteiger partial charge < -0.3 is 29.4 Å². The number of benzene rings is 1. The molecule has 7 heteroatoms. The average Bonchev–Trinajstić information content (AvgIpc) is 2.70. The summed E-state index contributed by atoms with van der Waals surface area (Å²) in [7, 11) is 4.76. The molecule has 7 nitrogen and oxygen atoms in total. The number of ether oxygens (including phenoxy) is 2. The zero-order valence-electron chi connectivity index (χ0n) is 18.2. The van der Waals surface area contributed by atoms with Crippen molar-refractivity contribution >= 4 is 12.8 Å². The highest BCUT2D eigenvalue weighted by molar-refractivity contribution is 5.67. The van der Waals surface area contributed by atoms with Crippen LogP contribution in [0.25, 0.3) is 0 Å². The molecule has 162 valence electrons. The largest absolute Gasteiger partial charge is 0.497 e. The molecule has 1 saturated heterocycles. The molecule has 0 bridgehead atoms. The van der Waals surface area contributed by atoms with Crippen LogP contribution in [0.2, 0.25) is 0 Å². The number of carbonyl (C=O) groups is 2. The smallest absolute Gasteiger partial charge is 0.329 e. The van der Waals surface area contributed by atoms with Crippen LogP contribution in [0, 0.1) is 20.8 Å². The second-order valence-corrected chi connectivity index (χ2v) is 6.43. The fourth-order valence-electron chi connectivity index (χ4n) is 2.75. The number of carboxylic acid groups (broad SMARTS) is 1. The number of piperidine rings is 1. The SMILES string of the molecule is C=O.CN1CCCCC1COCC(=O)O.CO.COc1cc(C)c(C)c(C)c1. The number of rotatable bonds is 5. The van der Waals surface area contributed by atoms with E-state index >= 15 is 0 Å². The van der Waals surface area contributed by atoms with Gasteiger partial charge in [-0.25, -0.2) is 4.79 Å². The molecule has 1 aromatic rings. The first-order chi connectivity index (χ1) is 13.3. The molecule has 28 heavy (non-hydrogen) atoms. The lowest BCUT2D eigenvalue weighted by Gasteiger charge is -2.31. The molecular weight excluding hydrogens is 362 g/mol. The molecule has 0 spiro atoms. The summed E-state index contributed by atoms with van der Waals surface area (Å²) in [6, 6.07) is 4.53. The predicted molar refractivity (Wildman–Crippen MR) is 111 cm³/mol. The van der Waals surface area contributed by atoms with E-state index < -0.39 is 5.97 Å². The van der Waals surface area contributed by atoms with Gasteiger partial charge in [0.15, 0.2) is 0 Å². The number of nitrogens with zero attached hydrogens (tertiary/aromatic N) is 1. The third-order valence-electron chi connectivity index (χ3n) is 4.59. The Balaban J connectivity index is 0. The highest BCUT2D eigenvalue weighted by atomic mass is 16.5. The van der Waals surface area contributed by atoms with Gasteiger partial charge in [0.05, 0.1) is 13.7 Å². The summed E-state index contributed by atoms with van der Waals surface area (Å²) in [6.07, 6.45) is 3.59. The lowest BCUT2D eigenvalue weighted by atomic mass is 10.0. The minimum absolute atomic E-state index is 0.176. The molecule has 1 aliphatic rings. The van der Waals surface area contributed by atoms with E-state index in [1.807, 2.05) is 6.79 Å². The van der Waals surface area contributed by atoms with Crippen molar-refractivity contribution in [2.75, 3.05) is 41.0 Å². The number of carboxylic acids is 1. The number of likely N-dealkylation sites (tertiary alicyclic amines) is 1. The summed E-state index contributed by atoms with van der Waals surface area (Å²) in [5, 5.41) is 15.4. The Morgan fingerprint density at radius 3 is 2.14 bits per heavy atom. The van der Waals surface area contributed by atoms with Crippen molar-refractivity contribution in [2.24, 2.45) is 0 Å². The normalized spacial score (nSPS) is 15.6. The highest BCUT2D eigenvalue weighted by Gasteiger charge is 2.18. The third kappa shape index (κ3) is 11.7. The van der Waals surface area contributed by atoms with Crippen LogP contribution in [0.1, 0.15) is 36.0 Å². The first-order valence-electron chi connectivity index (χ1n) is 9.20. The molecule has 1 aliphatic heterocycles. The maximum atomic E-state index is 10.2. The van der Waals surface area contributed by atoms with Gasteiger partial charge in [-0.1, -0.05) is 6.42 Å². The van der Waals surface area contributed by atoms with Crippen molar-refractivity contribution in [2.45, 2.75) is 46.1 Å². The quantitative estimate of drug-likeness (QED) is 0.785. The molecule has 1 fully saturated rings. The van der Waals surface area contributed by atoms with E-state index in [2.05, 4.69) is 44.9 Å². The lowest BCUT2D eigenvalue weighted by molar-refractivity contribution is -0.142. The Labute approximate surface area is 169 Å². The maximum absolute atomic E-state index is 10.2. The number of hydrogen-bond acceptors (Lipinski definition) is 6. The van der Waals surface area contributed by atoms with Gasteiger partial charge in [0.1, 0.15) is 19.1 Å². The van der Waals surface area contributed by atoms with Crippen LogP contribution < -0.4 is 4.74 Å². The average molecular weight is 400 g/mol. The Morgan fingerprint density at radius 2 is 1.71 bits per heavy atom. The molecule has 0 aliphatic carbocycles. The molecule has 0 radical (unpaired) electrons. The Bertz CT molecular complexity index is 527. The van der Waals surface area contributed by atoms with Crippen LogP contribution in [0.3, 0.4) is 0 Å². The van der Waals surface area contributed by atoms with E-state index in [0.717, 1.165) is 25.8 Å². The molecule has 0 amide bonds. The Hall–Kier alpha value is -1.96. The lowest BCUT2D eigenvalue weighted by Crippen LogP contribution is -2.39. The number of hydrogen-bond donors (Lipinski definition) is 2. The van der Waals surface area contributed by atoms with Crippen LogP contribution in [0.5, 0.6) is 5.75 Å². The molecular formula is C21H37NO6. The van der Waals surface area contributed by atoms with Crippen LogP contribution in [-0.4, -0.2) is 74.9 Å². The molecule has 1 heterocycles. The van der Waals surface area contributed by atoms with E-state index in [9.17, 15) is 4.79 Å². The zero-order valence-corrected chi connectivity index (χ0v) is 18.2. The number of aryl methyl sites for hydroxylation is 2. The van der Waals surface area contributed by atoms with Crippen molar-refractivity contribution in [1.82, 2.24) is 4.90 Å². The number of aliphatic hydroxyl groups excluding tert-OH is 1. The van der Waals surface area contributed by atoms with Crippen LogP contribution in [0.4, 0.5) is 0 Å². The summed E-state index contributed by atoms with van der Waals surface area (Å²) < 4.78 is 10.2. The fraction of sp³-hybridized carbons (Fsp3) is 0.619. The number of carbonyl (C=O) groups excluding carboxylic acids is 1. The Morgan fingerprint density at radius 1 is 1.18 bits per heavy atom. The van der Waals surface area contributed by atoms with Gasteiger partial charge in [-0.3, -0.25) is 0 Å². The van der Waals surface area contributed by atoms with Gasteiger partial charge >= 0.3 is 5.97 Å². The minimum atomic E-state index is -0.890. The van der Waals surface area contributed by atoms with Gasteiger partial charge in [0.25, 0.3) is 0 Å². The van der Waals surface area contributed by atoms with Crippen molar-refractivity contribution in [3.8, 4) is 5.75 Å². The second-order valence-electron chi connectivity index (χ2n) is 6.43. The van der Waals surface area contributed by atoms with E-state index in [1.165, 1.54) is 29.5 Å². The van der Waals surface area contributed by atoms with Crippen LogP contribution in [-0.2, 0) is 14.3 Å². The first-order valence-corrected chi connectivity index (χ1v) is 9.20. The monoisotopic (exact) mass is 399 g/mol. The molecule has 1 atom stereocenters. The maximum Gasteiger partial charge on any atom is 0.329 e. The van der Waals surface area contributed by atoms with Gasteiger partial charge in [0.2, 0.25) is 0 Å².